The Labute approximate surface area is 155 Å². The maximum absolute atomic E-state index is 12.9. The predicted molar refractivity (Wildman–Crippen MR) is 101 cm³/mol. The second-order valence-electron chi connectivity index (χ2n) is 6.96. The highest BCUT2D eigenvalue weighted by Crippen LogP contribution is 2.29. The highest BCUT2D eigenvalue weighted by Gasteiger charge is 2.38. The van der Waals surface area contributed by atoms with Crippen molar-refractivity contribution in [1.82, 2.24) is 9.80 Å². The summed E-state index contributed by atoms with van der Waals surface area (Å²) in [4.78, 5) is 28.6. The Kier molecular flexibility index (Phi) is 6.85. The molecule has 6 heteroatoms. The van der Waals surface area contributed by atoms with Crippen molar-refractivity contribution in [3.05, 3.63) is 35.9 Å². The molecule has 2 aliphatic heterocycles. The first-order valence-corrected chi connectivity index (χ1v) is 8.97. The Hall–Kier alpha value is -1.59. The van der Waals surface area contributed by atoms with E-state index < -0.39 is 0 Å². The summed E-state index contributed by atoms with van der Waals surface area (Å²) in [7, 11) is 0. The number of hydrogen-bond acceptors (Lipinski definition) is 3. The Morgan fingerprint density at radius 1 is 1.12 bits per heavy atom. The molecule has 0 radical (unpaired) electrons. The molecule has 0 bridgehead atoms. The van der Waals surface area contributed by atoms with Gasteiger partial charge in [-0.25, -0.2) is 0 Å². The van der Waals surface area contributed by atoms with Gasteiger partial charge in [-0.3, -0.25) is 9.59 Å². The van der Waals surface area contributed by atoms with Crippen molar-refractivity contribution in [1.29, 1.82) is 0 Å². The van der Waals surface area contributed by atoms with Gasteiger partial charge in [0.05, 0.1) is 5.92 Å². The molecule has 1 aromatic rings. The molecule has 1 aromatic carbocycles. The van der Waals surface area contributed by atoms with Crippen LogP contribution in [0.4, 0.5) is 0 Å². The van der Waals surface area contributed by atoms with Crippen LogP contribution in [0, 0.1) is 5.92 Å². The normalized spacial score (nSPS) is 26.2. The van der Waals surface area contributed by atoms with Crippen molar-refractivity contribution in [2.45, 2.75) is 38.1 Å². The molecule has 2 fully saturated rings. The summed E-state index contributed by atoms with van der Waals surface area (Å²) < 4.78 is 0. The van der Waals surface area contributed by atoms with E-state index >= 15 is 0 Å². The molecule has 0 aromatic heterocycles. The Morgan fingerprint density at radius 2 is 1.84 bits per heavy atom. The number of likely N-dealkylation sites (tertiary alicyclic amines) is 2. The van der Waals surface area contributed by atoms with Crippen molar-refractivity contribution in [2.24, 2.45) is 11.7 Å². The second-order valence-corrected chi connectivity index (χ2v) is 6.96. The predicted octanol–water partition coefficient (Wildman–Crippen LogP) is 2.01. The van der Waals surface area contributed by atoms with Crippen LogP contribution in [0.1, 0.15) is 37.7 Å². The second kappa shape index (κ2) is 8.68. The molecule has 2 N–H and O–H groups in total. The summed E-state index contributed by atoms with van der Waals surface area (Å²) in [6, 6.07) is 10.2. The van der Waals surface area contributed by atoms with Crippen LogP contribution in [-0.4, -0.2) is 53.8 Å². The summed E-state index contributed by atoms with van der Waals surface area (Å²) in [6.45, 7) is 4.51. The van der Waals surface area contributed by atoms with E-state index in [-0.39, 0.29) is 42.1 Å². The van der Waals surface area contributed by atoms with Gasteiger partial charge in [0.25, 0.3) is 0 Å². The van der Waals surface area contributed by atoms with Crippen LogP contribution in [-0.2, 0) is 9.59 Å². The number of carbonyl (C=O) groups is 2. The van der Waals surface area contributed by atoms with Crippen molar-refractivity contribution in [3.8, 4) is 0 Å². The van der Waals surface area contributed by atoms with Gasteiger partial charge in [-0.2, -0.15) is 0 Å². The van der Waals surface area contributed by atoms with E-state index in [0.29, 0.717) is 26.1 Å². The zero-order valence-electron chi connectivity index (χ0n) is 14.8. The van der Waals surface area contributed by atoms with Crippen LogP contribution in [0.25, 0.3) is 0 Å². The molecule has 3 rings (SSSR count). The number of amides is 2. The van der Waals surface area contributed by atoms with E-state index in [1.54, 1.807) is 0 Å². The third kappa shape index (κ3) is 4.33. The number of carbonyl (C=O) groups excluding carboxylic acids is 2. The molecule has 5 nitrogen and oxygen atoms in total. The third-order valence-corrected chi connectivity index (χ3v) is 5.33. The molecule has 25 heavy (non-hydrogen) atoms. The molecule has 0 spiro atoms. The van der Waals surface area contributed by atoms with Crippen LogP contribution in [0.2, 0.25) is 0 Å². The first-order valence-electron chi connectivity index (χ1n) is 8.97. The van der Waals surface area contributed by atoms with E-state index in [4.69, 9.17) is 5.73 Å². The number of halogens is 1. The fourth-order valence-electron chi connectivity index (χ4n) is 3.95. The largest absolute Gasteiger partial charge is 0.342 e. The lowest BCUT2D eigenvalue weighted by Crippen LogP contribution is -2.46. The maximum atomic E-state index is 12.9. The molecule has 0 saturated carbocycles. The number of nitrogens with two attached hydrogens (primary N) is 1. The fraction of sp³-hybridized carbons (Fsp3) is 0.579. The molecule has 3 atom stereocenters. The van der Waals surface area contributed by atoms with Gasteiger partial charge in [-0.15, -0.1) is 12.4 Å². The topological polar surface area (TPSA) is 66.6 Å². The summed E-state index contributed by atoms with van der Waals surface area (Å²) >= 11 is 0. The lowest BCUT2D eigenvalue weighted by atomic mass is 9.95. The average molecular weight is 366 g/mol. The van der Waals surface area contributed by atoms with E-state index in [2.05, 4.69) is 12.1 Å². The smallest absolute Gasteiger partial charge is 0.227 e. The van der Waals surface area contributed by atoms with Gasteiger partial charge in [0.1, 0.15) is 0 Å². The van der Waals surface area contributed by atoms with Crippen molar-refractivity contribution in [2.75, 3.05) is 26.2 Å². The van der Waals surface area contributed by atoms with Crippen LogP contribution in [0.5, 0.6) is 0 Å². The van der Waals surface area contributed by atoms with Gasteiger partial charge >= 0.3 is 0 Å². The van der Waals surface area contributed by atoms with Crippen molar-refractivity contribution in [3.63, 3.8) is 0 Å². The zero-order chi connectivity index (χ0) is 17.1. The number of rotatable bonds is 3. The molecule has 0 aliphatic carbocycles. The summed E-state index contributed by atoms with van der Waals surface area (Å²) in [5.41, 5.74) is 7.51. The molecular weight excluding hydrogens is 338 g/mol. The minimum absolute atomic E-state index is 0. The number of piperidine rings is 1. The summed E-state index contributed by atoms with van der Waals surface area (Å²) in [5, 5.41) is 0. The number of benzene rings is 1. The SMILES string of the molecule is CCC(=O)N1CCCC(C(=O)N2C[C@@H](N)[C@H](c3ccccc3)C2)C1.Cl. The summed E-state index contributed by atoms with van der Waals surface area (Å²) in [6.07, 6.45) is 2.28. The van der Waals surface area contributed by atoms with Gasteiger partial charge in [0.2, 0.25) is 11.8 Å². The third-order valence-electron chi connectivity index (χ3n) is 5.33. The first kappa shape index (κ1) is 19.7. The molecule has 1 unspecified atom stereocenters. The van der Waals surface area contributed by atoms with Crippen LogP contribution < -0.4 is 5.73 Å². The summed E-state index contributed by atoms with van der Waals surface area (Å²) in [5.74, 6) is 0.438. The lowest BCUT2D eigenvalue weighted by molar-refractivity contribution is -0.140. The quantitative estimate of drug-likeness (QED) is 0.891. The van der Waals surface area contributed by atoms with Crippen LogP contribution in [0.15, 0.2) is 30.3 Å². The van der Waals surface area contributed by atoms with Crippen LogP contribution >= 0.6 is 12.4 Å². The number of nitrogens with zero attached hydrogens (tertiary/aromatic N) is 2. The minimum Gasteiger partial charge on any atom is -0.342 e. The van der Waals surface area contributed by atoms with Gasteiger partial charge < -0.3 is 15.5 Å². The molecule has 2 saturated heterocycles. The number of hydrogen-bond donors (Lipinski definition) is 1. The molecule has 138 valence electrons. The van der Waals surface area contributed by atoms with E-state index in [0.717, 1.165) is 19.4 Å². The Morgan fingerprint density at radius 3 is 2.52 bits per heavy atom. The highest BCUT2D eigenvalue weighted by atomic mass is 35.5. The molecule has 2 heterocycles. The monoisotopic (exact) mass is 365 g/mol. The molecular formula is C19H28ClN3O2. The first-order chi connectivity index (χ1) is 11.6. The zero-order valence-corrected chi connectivity index (χ0v) is 15.6. The molecule has 2 aliphatic rings. The van der Waals surface area contributed by atoms with Gasteiger partial charge in [-0.1, -0.05) is 37.3 Å². The Balaban J connectivity index is 0.00000225. The van der Waals surface area contributed by atoms with Crippen LogP contribution in [0.3, 0.4) is 0 Å². The van der Waals surface area contributed by atoms with Gasteiger partial charge in [0.15, 0.2) is 0 Å². The fourth-order valence-corrected chi connectivity index (χ4v) is 3.95. The van der Waals surface area contributed by atoms with Gasteiger partial charge in [0, 0.05) is 44.6 Å². The molecule has 2 amide bonds. The van der Waals surface area contributed by atoms with Crippen molar-refractivity contribution >= 4 is 24.2 Å². The average Bonchev–Trinajstić information content (AvgIpc) is 3.03. The lowest BCUT2D eigenvalue weighted by Gasteiger charge is -2.34. The highest BCUT2D eigenvalue weighted by molar-refractivity contribution is 5.85. The Bertz CT molecular complexity index is 596. The minimum atomic E-state index is -0.0732. The van der Waals surface area contributed by atoms with E-state index in [1.807, 2.05) is 34.9 Å². The van der Waals surface area contributed by atoms with E-state index in [1.165, 1.54) is 5.56 Å². The van der Waals surface area contributed by atoms with Gasteiger partial charge in [-0.05, 0) is 18.4 Å². The van der Waals surface area contributed by atoms with E-state index in [9.17, 15) is 9.59 Å². The maximum Gasteiger partial charge on any atom is 0.227 e. The standard InChI is InChI=1S/C19H27N3O2.ClH/c1-2-18(23)21-10-6-9-15(11-21)19(24)22-12-16(17(20)13-22)14-7-4-3-5-8-14;/h3-5,7-8,15-17H,2,6,9-13,20H2,1H3;1H/t15?,16-,17+;/m0./s1. The van der Waals surface area contributed by atoms with Crippen molar-refractivity contribution < 1.29 is 9.59 Å².